The molecule has 3 aromatic carbocycles. The lowest BCUT2D eigenvalue weighted by Gasteiger charge is -2.41. The second kappa shape index (κ2) is 16.9. The Morgan fingerprint density at radius 3 is 2.18 bits per heavy atom. The van der Waals surface area contributed by atoms with Gasteiger partial charge >= 0.3 is 0 Å². The summed E-state index contributed by atoms with van der Waals surface area (Å²) in [5, 5.41) is 30.1. The molecule has 2 aliphatic heterocycles. The maximum Gasteiger partial charge on any atom is 0.173 e. The third-order valence-electron chi connectivity index (χ3n) is 10.9. The third kappa shape index (κ3) is 8.12. The van der Waals surface area contributed by atoms with Gasteiger partial charge in [-0.05, 0) is 94.1 Å². The van der Waals surface area contributed by atoms with Crippen LogP contribution in [-0.2, 0) is 19.6 Å². The Labute approximate surface area is 330 Å². The molecule has 3 aromatic heterocycles. The van der Waals surface area contributed by atoms with Crippen molar-refractivity contribution in [2.45, 2.75) is 96.6 Å². The summed E-state index contributed by atoms with van der Waals surface area (Å²) < 4.78 is 12.6. The van der Waals surface area contributed by atoms with E-state index >= 15 is 0 Å². The van der Waals surface area contributed by atoms with Gasteiger partial charge in [0.25, 0.3) is 0 Å². The fraction of sp³-hybridized carbons (Fsp3) is 0.439. The van der Waals surface area contributed by atoms with Gasteiger partial charge < -0.3 is 4.74 Å². The van der Waals surface area contributed by atoms with Crippen LogP contribution < -0.4 is 4.74 Å². The largest absolute Gasteiger partial charge is 0.494 e. The molecule has 5 heterocycles. The minimum atomic E-state index is 0.0217. The van der Waals surface area contributed by atoms with Crippen molar-refractivity contribution in [3.8, 4) is 11.4 Å². The summed E-state index contributed by atoms with van der Waals surface area (Å²) in [6.07, 6.45) is 8.73. The quantitative estimate of drug-likeness (QED) is 0.149. The molecule has 0 radical (unpaired) electrons. The van der Waals surface area contributed by atoms with E-state index in [1.165, 1.54) is 48.8 Å². The molecular weight excluding hydrogens is 756 g/mol. The average molecular weight is 806 g/mol. The number of aromatic nitrogens is 10. The van der Waals surface area contributed by atoms with Gasteiger partial charge in [0.15, 0.2) is 11.6 Å². The minimum Gasteiger partial charge on any atom is -0.494 e. The molecule has 9 rings (SSSR count). The lowest BCUT2D eigenvalue weighted by molar-refractivity contribution is 0.0896. The second-order valence-electron chi connectivity index (χ2n) is 14.9. The molecule has 2 unspecified atom stereocenters. The normalized spacial score (nSPS) is 19.1. The Hall–Kier alpha value is -4.79. The topological polar surface area (TPSA) is 121 Å². The van der Waals surface area contributed by atoms with E-state index in [0.717, 1.165) is 66.0 Å². The second-order valence-corrected chi connectivity index (χ2v) is 15.8. The highest BCUT2D eigenvalue weighted by Crippen LogP contribution is 2.39. The van der Waals surface area contributed by atoms with Gasteiger partial charge in [-0.2, -0.15) is 5.10 Å². The number of para-hydroxylation sites is 1. The SMILES string of the molecule is CC(C)c1nn(-c2ccccc2)cc1C1c2nnnn2CCN1C1CCCCC1.CCOc1ccc(C2c3nnnn3CCN2Cc2cccc(Br)c2)cc1. The molecular formula is C41H49BrN12O. The first-order chi connectivity index (χ1) is 27.0. The molecule has 55 heavy (non-hydrogen) atoms. The molecule has 1 fully saturated rings. The Morgan fingerprint density at radius 2 is 1.49 bits per heavy atom. The monoisotopic (exact) mass is 804 g/mol. The zero-order valence-corrected chi connectivity index (χ0v) is 33.4. The van der Waals surface area contributed by atoms with E-state index in [1.807, 2.05) is 45.2 Å². The molecule has 0 amide bonds. The van der Waals surface area contributed by atoms with Crippen LogP contribution in [0.3, 0.4) is 0 Å². The maximum absolute atomic E-state index is 5.57. The number of nitrogens with zero attached hydrogens (tertiary/aromatic N) is 12. The number of tetrazole rings is 2. The Morgan fingerprint density at radius 1 is 0.782 bits per heavy atom. The fourth-order valence-corrected chi connectivity index (χ4v) is 8.79. The van der Waals surface area contributed by atoms with E-state index < -0.39 is 0 Å². The van der Waals surface area contributed by atoms with Crippen LogP contribution in [0.15, 0.2) is 89.5 Å². The molecule has 1 saturated carbocycles. The molecule has 2 atom stereocenters. The minimum absolute atomic E-state index is 0.0217. The van der Waals surface area contributed by atoms with Gasteiger partial charge in [-0.1, -0.05) is 91.5 Å². The van der Waals surface area contributed by atoms with Gasteiger partial charge in [0, 0.05) is 41.9 Å². The molecule has 0 saturated heterocycles. The molecule has 3 aliphatic rings. The number of ether oxygens (including phenoxy) is 1. The summed E-state index contributed by atoms with van der Waals surface area (Å²) in [4.78, 5) is 5.08. The van der Waals surface area contributed by atoms with Crippen molar-refractivity contribution in [2.75, 3.05) is 19.7 Å². The van der Waals surface area contributed by atoms with Crippen molar-refractivity contribution in [3.63, 3.8) is 0 Å². The highest BCUT2D eigenvalue weighted by molar-refractivity contribution is 9.10. The zero-order valence-electron chi connectivity index (χ0n) is 31.8. The summed E-state index contributed by atoms with van der Waals surface area (Å²) in [5.74, 6) is 3.05. The molecule has 0 spiro atoms. The van der Waals surface area contributed by atoms with Crippen molar-refractivity contribution in [1.82, 2.24) is 60.0 Å². The van der Waals surface area contributed by atoms with E-state index in [0.29, 0.717) is 18.6 Å². The molecule has 0 N–H and O–H groups in total. The molecule has 286 valence electrons. The number of hydrogen-bond acceptors (Lipinski definition) is 10. The highest BCUT2D eigenvalue weighted by Gasteiger charge is 2.39. The predicted molar refractivity (Wildman–Crippen MR) is 213 cm³/mol. The van der Waals surface area contributed by atoms with E-state index in [4.69, 9.17) is 9.84 Å². The Balaban J connectivity index is 0.000000156. The number of halogens is 1. The molecule has 0 bridgehead atoms. The summed E-state index contributed by atoms with van der Waals surface area (Å²) in [6, 6.07) is 27.7. The van der Waals surface area contributed by atoms with Crippen LogP contribution in [0.1, 0.15) is 105 Å². The first-order valence-corrected chi connectivity index (χ1v) is 20.4. The van der Waals surface area contributed by atoms with Crippen molar-refractivity contribution in [2.24, 2.45) is 0 Å². The predicted octanol–water partition coefficient (Wildman–Crippen LogP) is 7.16. The van der Waals surface area contributed by atoms with Crippen LogP contribution >= 0.6 is 15.9 Å². The zero-order chi connectivity index (χ0) is 37.7. The summed E-state index contributed by atoms with van der Waals surface area (Å²) in [5.41, 5.74) is 5.89. The number of fused-ring (bicyclic) bond motifs is 2. The number of hydrogen-bond donors (Lipinski definition) is 0. The number of rotatable bonds is 9. The Kier molecular flexibility index (Phi) is 11.4. The van der Waals surface area contributed by atoms with Crippen LogP contribution in [0.25, 0.3) is 5.69 Å². The molecule has 1 aliphatic carbocycles. The maximum atomic E-state index is 5.57. The van der Waals surface area contributed by atoms with E-state index in [2.05, 4.69) is 131 Å². The third-order valence-corrected chi connectivity index (χ3v) is 11.4. The first-order valence-electron chi connectivity index (χ1n) is 19.6. The van der Waals surface area contributed by atoms with Crippen LogP contribution in [0.5, 0.6) is 5.75 Å². The summed E-state index contributed by atoms with van der Waals surface area (Å²) >= 11 is 3.56. The van der Waals surface area contributed by atoms with Crippen molar-refractivity contribution >= 4 is 15.9 Å². The van der Waals surface area contributed by atoms with Crippen LogP contribution in [-0.4, -0.2) is 85.7 Å². The lowest BCUT2D eigenvalue weighted by atomic mass is 9.90. The van der Waals surface area contributed by atoms with Gasteiger partial charge in [-0.3, -0.25) is 9.80 Å². The van der Waals surface area contributed by atoms with Crippen molar-refractivity contribution in [3.05, 3.63) is 124 Å². The standard InChI is InChI=1S/C22H29N7.C19H20BrN5O/c1-16(2)20-19(15-29(24-20)18-11-7-4-8-12-18)21-22-23-25-26-28(22)14-13-27(21)17-9-5-3-6-10-17;1-2-26-17-8-6-15(7-9-17)18-19-21-22-23-25(19)11-10-24(18)13-14-4-3-5-16(20)12-14/h4,7-8,11-12,15-17,21H,3,5-6,9-10,13-14H2,1-2H3;3-9,12,18H,2,10-11,13H2,1H3. The molecule has 6 aromatic rings. The van der Waals surface area contributed by atoms with Gasteiger partial charge in [-0.15, -0.1) is 10.2 Å². The van der Waals surface area contributed by atoms with E-state index in [1.54, 1.807) is 0 Å². The van der Waals surface area contributed by atoms with Crippen LogP contribution in [0, 0.1) is 0 Å². The van der Waals surface area contributed by atoms with Crippen LogP contribution in [0.2, 0.25) is 0 Å². The van der Waals surface area contributed by atoms with Gasteiger partial charge in [0.2, 0.25) is 0 Å². The fourth-order valence-electron chi connectivity index (χ4n) is 8.35. The lowest BCUT2D eigenvalue weighted by Crippen LogP contribution is -2.46. The average Bonchev–Trinajstić information content (AvgIpc) is 4.00. The highest BCUT2D eigenvalue weighted by atomic mass is 79.9. The van der Waals surface area contributed by atoms with Gasteiger partial charge in [-0.25, -0.2) is 14.0 Å². The van der Waals surface area contributed by atoms with Crippen LogP contribution in [0.4, 0.5) is 0 Å². The van der Waals surface area contributed by atoms with E-state index in [-0.39, 0.29) is 12.1 Å². The molecule has 13 nitrogen and oxygen atoms in total. The molecule has 14 heteroatoms. The first kappa shape index (κ1) is 37.1. The van der Waals surface area contributed by atoms with E-state index in [9.17, 15) is 0 Å². The number of benzene rings is 3. The van der Waals surface area contributed by atoms with Crippen molar-refractivity contribution < 1.29 is 4.74 Å². The summed E-state index contributed by atoms with van der Waals surface area (Å²) in [7, 11) is 0. The summed E-state index contributed by atoms with van der Waals surface area (Å²) in [6.45, 7) is 11.5. The van der Waals surface area contributed by atoms with Gasteiger partial charge in [0.1, 0.15) is 11.8 Å². The van der Waals surface area contributed by atoms with Crippen molar-refractivity contribution in [1.29, 1.82) is 0 Å². The smallest absolute Gasteiger partial charge is 0.173 e. The van der Waals surface area contributed by atoms with Gasteiger partial charge in [0.05, 0.1) is 37.1 Å². The Bertz CT molecular complexity index is 2140.